The van der Waals surface area contributed by atoms with Crippen LogP contribution in [0.1, 0.15) is 30.9 Å². The second kappa shape index (κ2) is 6.73. The SMILES string of the molecule is C=CCN1CCCC[C@H]1[C@@H](N)c1cccc(OC)c1. The number of benzene rings is 1. The molecule has 3 heteroatoms. The zero-order chi connectivity index (χ0) is 13.7. The molecule has 0 aromatic heterocycles. The van der Waals surface area contributed by atoms with Crippen LogP contribution in [0, 0.1) is 0 Å². The van der Waals surface area contributed by atoms with E-state index in [1.165, 1.54) is 12.8 Å². The van der Waals surface area contributed by atoms with Crippen molar-refractivity contribution >= 4 is 0 Å². The Hall–Kier alpha value is -1.32. The highest BCUT2D eigenvalue weighted by Crippen LogP contribution is 2.28. The summed E-state index contributed by atoms with van der Waals surface area (Å²) in [6.07, 6.45) is 5.65. The van der Waals surface area contributed by atoms with Crippen LogP contribution in [0.2, 0.25) is 0 Å². The molecule has 0 amide bonds. The summed E-state index contributed by atoms with van der Waals surface area (Å²) in [7, 11) is 1.69. The first-order valence-electron chi connectivity index (χ1n) is 7.00. The lowest BCUT2D eigenvalue weighted by Crippen LogP contribution is -2.45. The van der Waals surface area contributed by atoms with Gasteiger partial charge in [0.1, 0.15) is 5.75 Å². The number of rotatable bonds is 5. The van der Waals surface area contributed by atoms with Crippen LogP contribution < -0.4 is 10.5 Å². The van der Waals surface area contributed by atoms with Crippen LogP contribution in [0.5, 0.6) is 5.75 Å². The van der Waals surface area contributed by atoms with Crippen molar-refractivity contribution in [1.29, 1.82) is 0 Å². The molecule has 104 valence electrons. The summed E-state index contributed by atoms with van der Waals surface area (Å²) in [5.74, 6) is 0.874. The van der Waals surface area contributed by atoms with E-state index in [9.17, 15) is 0 Å². The van der Waals surface area contributed by atoms with Crippen molar-refractivity contribution in [1.82, 2.24) is 4.90 Å². The Balaban J connectivity index is 2.15. The molecule has 0 bridgehead atoms. The second-order valence-corrected chi connectivity index (χ2v) is 5.15. The first-order valence-corrected chi connectivity index (χ1v) is 7.00. The molecule has 3 nitrogen and oxygen atoms in total. The third-order valence-corrected chi connectivity index (χ3v) is 3.92. The van der Waals surface area contributed by atoms with E-state index < -0.39 is 0 Å². The molecule has 2 N–H and O–H groups in total. The van der Waals surface area contributed by atoms with E-state index in [0.29, 0.717) is 6.04 Å². The number of piperidine rings is 1. The maximum Gasteiger partial charge on any atom is 0.119 e. The molecule has 1 heterocycles. The van der Waals surface area contributed by atoms with Crippen LogP contribution in [0.15, 0.2) is 36.9 Å². The van der Waals surface area contributed by atoms with Gasteiger partial charge in [0, 0.05) is 18.6 Å². The lowest BCUT2D eigenvalue weighted by molar-refractivity contribution is 0.141. The van der Waals surface area contributed by atoms with Gasteiger partial charge in [-0.15, -0.1) is 6.58 Å². The largest absolute Gasteiger partial charge is 0.497 e. The Morgan fingerprint density at radius 2 is 2.37 bits per heavy atom. The average Bonchev–Trinajstić information content (AvgIpc) is 2.47. The summed E-state index contributed by atoms with van der Waals surface area (Å²) in [6, 6.07) is 8.54. The second-order valence-electron chi connectivity index (χ2n) is 5.15. The highest BCUT2D eigenvalue weighted by atomic mass is 16.5. The number of methoxy groups -OCH3 is 1. The maximum atomic E-state index is 6.48. The van der Waals surface area contributed by atoms with Crippen LogP contribution in [-0.4, -0.2) is 31.1 Å². The monoisotopic (exact) mass is 260 g/mol. The van der Waals surface area contributed by atoms with Gasteiger partial charge in [0.05, 0.1) is 7.11 Å². The number of hydrogen-bond donors (Lipinski definition) is 1. The summed E-state index contributed by atoms with van der Waals surface area (Å²) in [5, 5.41) is 0. The number of nitrogens with two attached hydrogens (primary N) is 1. The normalized spacial score (nSPS) is 21.9. The minimum atomic E-state index is 0.0374. The molecule has 1 aliphatic rings. The predicted molar refractivity (Wildman–Crippen MR) is 79.3 cm³/mol. The van der Waals surface area contributed by atoms with E-state index in [0.717, 1.165) is 30.8 Å². The summed E-state index contributed by atoms with van der Waals surface area (Å²) in [5.41, 5.74) is 7.64. The molecule has 0 radical (unpaired) electrons. The minimum Gasteiger partial charge on any atom is -0.497 e. The molecule has 19 heavy (non-hydrogen) atoms. The Bertz CT molecular complexity index is 419. The fourth-order valence-electron chi connectivity index (χ4n) is 2.89. The van der Waals surface area contributed by atoms with Crippen molar-refractivity contribution in [2.45, 2.75) is 31.3 Å². The zero-order valence-corrected chi connectivity index (χ0v) is 11.7. The Kier molecular flexibility index (Phi) is 5.00. The van der Waals surface area contributed by atoms with E-state index in [-0.39, 0.29) is 6.04 Å². The third kappa shape index (κ3) is 3.37. The topological polar surface area (TPSA) is 38.5 Å². The molecule has 0 spiro atoms. The van der Waals surface area contributed by atoms with E-state index >= 15 is 0 Å². The number of likely N-dealkylation sites (tertiary alicyclic amines) is 1. The van der Waals surface area contributed by atoms with E-state index in [1.54, 1.807) is 7.11 Å². The van der Waals surface area contributed by atoms with Gasteiger partial charge in [0.15, 0.2) is 0 Å². The molecular formula is C16H24N2O. The molecule has 1 saturated heterocycles. The quantitative estimate of drug-likeness (QED) is 0.827. The van der Waals surface area contributed by atoms with Gasteiger partial charge in [0.2, 0.25) is 0 Å². The maximum absolute atomic E-state index is 6.48. The Labute approximate surface area is 116 Å². The number of hydrogen-bond acceptors (Lipinski definition) is 3. The van der Waals surface area contributed by atoms with Crippen molar-refractivity contribution in [3.63, 3.8) is 0 Å². The molecule has 1 aliphatic heterocycles. The summed E-state index contributed by atoms with van der Waals surface area (Å²) < 4.78 is 5.28. The van der Waals surface area contributed by atoms with Gasteiger partial charge in [-0.25, -0.2) is 0 Å². The van der Waals surface area contributed by atoms with Crippen LogP contribution in [0.3, 0.4) is 0 Å². The molecular weight excluding hydrogens is 236 g/mol. The highest BCUT2D eigenvalue weighted by molar-refractivity contribution is 5.31. The molecule has 2 rings (SSSR count). The fraction of sp³-hybridized carbons (Fsp3) is 0.500. The lowest BCUT2D eigenvalue weighted by Gasteiger charge is -2.38. The van der Waals surface area contributed by atoms with E-state index in [4.69, 9.17) is 10.5 Å². The lowest BCUT2D eigenvalue weighted by atomic mass is 9.91. The molecule has 2 atom stereocenters. The first-order chi connectivity index (χ1) is 9.26. The van der Waals surface area contributed by atoms with Crippen molar-refractivity contribution in [2.24, 2.45) is 5.73 Å². The minimum absolute atomic E-state index is 0.0374. The molecule has 0 saturated carbocycles. The average molecular weight is 260 g/mol. The summed E-state index contributed by atoms with van der Waals surface area (Å²) in [4.78, 5) is 2.45. The first kappa shape index (κ1) is 14.1. The smallest absolute Gasteiger partial charge is 0.119 e. The van der Waals surface area contributed by atoms with Gasteiger partial charge >= 0.3 is 0 Å². The molecule has 1 aromatic rings. The van der Waals surface area contributed by atoms with Gasteiger partial charge in [-0.05, 0) is 37.1 Å². The van der Waals surface area contributed by atoms with Gasteiger partial charge in [-0.1, -0.05) is 24.6 Å². The molecule has 1 aromatic carbocycles. The standard InChI is InChI=1S/C16H24N2O/c1-3-10-18-11-5-4-9-15(18)16(17)13-7-6-8-14(12-13)19-2/h3,6-8,12,15-16H,1,4-5,9-11,17H2,2H3/t15-,16-/m0/s1. The van der Waals surface area contributed by atoms with Crippen molar-refractivity contribution in [3.8, 4) is 5.75 Å². The van der Waals surface area contributed by atoms with E-state index in [2.05, 4.69) is 17.5 Å². The predicted octanol–water partition coefficient (Wildman–Crippen LogP) is 2.74. The van der Waals surface area contributed by atoms with Gasteiger partial charge in [-0.2, -0.15) is 0 Å². The van der Waals surface area contributed by atoms with Gasteiger partial charge in [0.25, 0.3) is 0 Å². The van der Waals surface area contributed by atoms with Crippen molar-refractivity contribution < 1.29 is 4.74 Å². The molecule has 1 fully saturated rings. The number of nitrogens with zero attached hydrogens (tertiary/aromatic N) is 1. The molecule has 0 unspecified atom stereocenters. The van der Waals surface area contributed by atoms with Crippen molar-refractivity contribution in [3.05, 3.63) is 42.5 Å². The van der Waals surface area contributed by atoms with Crippen LogP contribution >= 0.6 is 0 Å². The van der Waals surface area contributed by atoms with E-state index in [1.807, 2.05) is 24.3 Å². The van der Waals surface area contributed by atoms with Crippen LogP contribution in [0.25, 0.3) is 0 Å². The van der Waals surface area contributed by atoms with Gasteiger partial charge in [-0.3, -0.25) is 4.90 Å². The molecule has 0 aliphatic carbocycles. The van der Waals surface area contributed by atoms with Crippen LogP contribution in [-0.2, 0) is 0 Å². The Morgan fingerprint density at radius 3 is 3.11 bits per heavy atom. The van der Waals surface area contributed by atoms with Gasteiger partial charge < -0.3 is 10.5 Å². The summed E-state index contributed by atoms with van der Waals surface area (Å²) in [6.45, 7) is 5.88. The van der Waals surface area contributed by atoms with Crippen molar-refractivity contribution in [2.75, 3.05) is 20.2 Å². The number of ether oxygens (including phenoxy) is 1. The third-order valence-electron chi connectivity index (χ3n) is 3.92. The summed E-state index contributed by atoms with van der Waals surface area (Å²) >= 11 is 0. The fourth-order valence-corrected chi connectivity index (χ4v) is 2.89. The zero-order valence-electron chi connectivity index (χ0n) is 11.7. The highest BCUT2D eigenvalue weighted by Gasteiger charge is 2.27. The Morgan fingerprint density at radius 1 is 1.53 bits per heavy atom. The van der Waals surface area contributed by atoms with Crippen LogP contribution in [0.4, 0.5) is 0 Å².